The SMILES string of the molecule is C\C=C1/CNN=C(C2=CCc3c(ccnc3-c3ccoc3)N2)/C1=C(F)/C(=C\N)c1cncc(CNCc2ccccc2)c1. The van der Waals surface area contributed by atoms with E-state index in [2.05, 4.69) is 43.3 Å². The van der Waals surface area contributed by atoms with Crippen LogP contribution in [0.5, 0.6) is 0 Å². The zero-order chi connectivity index (χ0) is 29.6. The Morgan fingerprint density at radius 3 is 2.77 bits per heavy atom. The fourth-order valence-corrected chi connectivity index (χ4v) is 5.32. The van der Waals surface area contributed by atoms with Gasteiger partial charge in [0.15, 0.2) is 0 Å². The summed E-state index contributed by atoms with van der Waals surface area (Å²) in [5, 5.41) is 11.5. The molecule has 8 nitrogen and oxygen atoms in total. The Morgan fingerprint density at radius 1 is 1.12 bits per heavy atom. The molecule has 9 heteroatoms. The van der Waals surface area contributed by atoms with Crippen LogP contribution in [0.3, 0.4) is 0 Å². The van der Waals surface area contributed by atoms with Crippen molar-refractivity contribution in [2.75, 3.05) is 11.9 Å². The van der Waals surface area contributed by atoms with Crippen molar-refractivity contribution in [3.8, 4) is 11.3 Å². The number of aromatic nitrogens is 2. The van der Waals surface area contributed by atoms with Gasteiger partial charge in [-0.15, -0.1) is 0 Å². The Hall–Kier alpha value is -5.28. The van der Waals surface area contributed by atoms with Gasteiger partial charge in [0.1, 0.15) is 11.5 Å². The van der Waals surface area contributed by atoms with E-state index in [0.717, 1.165) is 33.6 Å². The first-order chi connectivity index (χ1) is 21.2. The summed E-state index contributed by atoms with van der Waals surface area (Å²) in [6.45, 7) is 3.57. The number of furan rings is 1. The number of pyridine rings is 2. The topological polar surface area (TPSA) is 113 Å². The van der Waals surface area contributed by atoms with E-state index in [4.69, 9.17) is 10.2 Å². The summed E-state index contributed by atoms with van der Waals surface area (Å²) in [6.07, 6.45) is 14.2. The highest BCUT2D eigenvalue weighted by Gasteiger charge is 2.29. The smallest absolute Gasteiger partial charge is 0.142 e. The van der Waals surface area contributed by atoms with Crippen molar-refractivity contribution in [1.82, 2.24) is 20.7 Å². The first kappa shape index (κ1) is 27.9. The average molecular weight is 574 g/mol. The maximum atomic E-state index is 16.7. The molecule has 0 aliphatic carbocycles. The van der Waals surface area contributed by atoms with Crippen molar-refractivity contribution in [1.29, 1.82) is 0 Å². The monoisotopic (exact) mass is 573 g/mol. The minimum Gasteiger partial charge on any atom is -0.472 e. The van der Waals surface area contributed by atoms with Crippen molar-refractivity contribution in [3.05, 3.63) is 143 Å². The first-order valence-electron chi connectivity index (χ1n) is 14.1. The lowest BCUT2D eigenvalue weighted by atomic mass is 9.90. The first-order valence-corrected chi connectivity index (χ1v) is 14.1. The van der Waals surface area contributed by atoms with Crippen LogP contribution >= 0.6 is 0 Å². The third-order valence-corrected chi connectivity index (χ3v) is 7.48. The van der Waals surface area contributed by atoms with Gasteiger partial charge >= 0.3 is 0 Å². The van der Waals surface area contributed by atoms with E-state index in [1.807, 2.05) is 55.5 Å². The molecule has 0 atom stereocenters. The Labute approximate surface area is 249 Å². The highest BCUT2D eigenvalue weighted by atomic mass is 19.1. The molecule has 0 radical (unpaired) electrons. The molecular weight excluding hydrogens is 541 g/mol. The highest BCUT2D eigenvalue weighted by Crippen LogP contribution is 2.36. The summed E-state index contributed by atoms with van der Waals surface area (Å²) in [5.74, 6) is -0.464. The summed E-state index contributed by atoms with van der Waals surface area (Å²) in [6, 6.07) is 15.9. The number of hydrogen-bond donors (Lipinski definition) is 4. The fraction of sp³-hybridized carbons (Fsp3) is 0.147. The van der Waals surface area contributed by atoms with Crippen LogP contribution in [0.25, 0.3) is 16.8 Å². The molecule has 2 aliphatic rings. The van der Waals surface area contributed by atoms with Gasteiger partial charge in [-0.05, 0) is 48.2 Å². The maximum absolute atomic E-state index is 16.7. The molecule has 0 bridgehead atoms. The molecule has 43 heavy (non-hydrogen) atoms. The van der Waals surface area contributed by atoms with Gasteiger partial charge < -0.3 is 26.2 Å². The largest absolute Gasteiger partial charge is 0.472 e. The van der Waals surface area contributed by atoms with Crippen LogP contribution in [0.4, 0.5) is 10.1 Å². The van der Waals surface area contributed by atoms with Crippen LogP contribution in [0.1, 0.15) is 29.2 Å². The van der Waals surface area contributed by atoms with Crippen molar-refractivity contribution in [2.24, 2.45) is 10.8 Å². The van der Waals surface area contributed by atoms with Crippen molar-refractivity contribution in [3.63, 3.8) is 0 Å². The number of fused-ring (bicyclic) bond motifs is 1. The number of anilines is 1. The van der Waals surface area contributed by atoms with Crippen LogP contribution in [0.2, 0.25) is 0 Å². The lowest BCUT2D eigenvalue weighted by molar-refractivity contribution is 0.568. The molecule has 2 aliphatic heterocycles. The van der Waals surface area contributed by atoms with E-state index in [9.17, 15) is 0 Å². The third-order valence-electron chi connectivity index (χ3n) is 7.48. The number of benzene rings is 1. The molecule has 0 fully saturated rings. The number of nitrogens with zero attached hydrogens (tertiary/aromatic N) is 3. The fourth-order valence-electron chi connectivity index (χ4n) is 5.32. The molecule has 5 heterocycles. The molecule has 5 N–H and O–H groups in total. The lowest BCUT2D eigenvalue weighted by Crippen LogP contribution is -2.30. The molecule has 1 aromatic carbocycles. The summed E-state index contributed by atoms with van der Waals surface area (Å²) >= 11 is 0. The Kier molecular flexibility index (Phi) is 8.24. The summed E-state index contributed by atoms with van der Waals surface area (Å²) in [5.41, 5.74) is 18.1. The lowest BCUT2D eigenvalue weighted by Gasteiger charge is -2.27. The number of hydrogen-bond acceptors (Lipinski definition) is 8. The van der Waals surface area contributed by atoms with E-state index >= 15 is 4.39 Å². The van der Waals surface area contributed by atoms with Gasteiger partial charge in [-0.2, -0.15) is 5.10 Å². The molecule has 0 saturated heterocycles. The van der Waals surface area contributed by atoms with Crippen molar-refractivity contribution >= 4 is 17.0 Å². The number of hydrazone groups is 1. The van der Waals surface area contributed by atoms with E-state index in [-0.39, 0.29) is 5.57 Å². The second-order valence-corrected chi connectivity index (χ2v) is 10.2. The number of nitrogens with one attached hydrogen (secondary N) is 3. The van der Waals surface area contributed by atoms with Gasteiger partial charge in [0.2, 0.25) is 0 Å². The molecule has 0 saturated carbocycles. The summed E-state index contributed by atoms with van der Waals surface area (Å²) < 4.78 is 22.0. The van der Waals surface area contributed by atoms with E-state index in [1.54, 1.807) is 31.1 Å². The quantitative estimate of drug-likeness (QED) is 0.204. The minimum atomic E-state index is -0.464. The maximum Gasteiger partial charge on any atom is 0.142 e. The Bertz CT molecular complexity index is 1770. The number of halogens is 1. The van der Waals surface area contributed by atoms with Crippen LogP contribution in [0, 0.1) is 0 Å². The van der Waals surface area contributed by atoms with E-state index in [1.165, 1.54) is 11.8 Å². The predicted molar refractivity (Wildman–Crippen MR) is 168 cm³/mol. The predicted octanol–water partition coefficient (Wildman–Crippen LogP) is 6.01. The zero-order valence-corrected chi connectivity index (χ0v) is 23.8. The van der Waals surface area contributed by atoms with Gasteiger partial charge in [-0.25, -0.2) is 4.39 Å². The molecule has 216 valence electrons. The van der Waals surface area contributed by atoms with Crippen molar-refractivity contribution < 1.29 is 8.81 Å². The van der Waals surface area contributed by atoms with E-state index in [0.29, 0.717) is 48.6 Å². The molecule has 4 aromatic rings. The number of rotatable bonds is 8. The Morgan fingerprint density at radius 2 is 1.98 bits per heavy atom. The zero-order valence-electron chi connectivity index (χ0n) is 23.8. The number of allylic oxidation sites excluding steroid dienone is 5. The minimum absolute atomic E-state index is 0.254. The Balaban J connectivity index is 1.29. The second kappa shape index (κ2) is 12.7. The van der Waals surface area contributed by atoms with Gasteiger partial charge in [0.25, 0.3) is 0 Å². The molecule has 6 rings (SSSR count). The average Bonchev–Trinajstić information content (AvgIpc) is 3.60. The molecule has 3 aromatic heterocycles. The van der Waals surface area contributed by atoms with Crippen LogP contribution in [0.15, 0.2) is 130 Å². The third kappa shape index (κ3) is 5.89. The van der Waals surface area contributed by atoms with Crippen LogP contribution in [-0.4, -0.2) is 22.2 Å². The summed E-state index contributed by atoms with van der Waals surface area (Å²) in [4.78, 5) is 8.96. The normalized spacial score (nSPS) is 17.0. The molecule has 0 amide bonds. The highest BCUT2D eigenvalue weighted by molar-refractivity contribution is 6.19. The van der Waals surface area contributed by atoms with Gasteiger partial charge in [0.05, 0.1) is 30.5 Å². The van der Waals surface area contributed by atoms with Crippen molar-refractivity contribution in [2.45, 2.75) is 26.4 Å². The van der Waals surface area contributed by atoms with Crippen LogP contribution in [-0.2, 0) is 19.5 Å². The second-order valence-electron chi connectivity index (χ2n) is 10.2. The van der Waals surface area contributed by atoms with Gasteiger partial charge in [-0.3, -0.25) is 9.97 Å². The van der Waals surface area contributed by atoms with Crippen LogP contribution < -0.4 is 21.8 Å². The van der Waals surface area contributed by atoms with Gasteiger partial charge in [0, 0.05) is 71.4 Å². The molecule has 0 spiro atoms. The standard InChI is InChI=1S/C34H32FN7O/c1-2-24-20-40-42-34(30-9-8-27-29(41-30)10-12-39-33(27)25-11-13-43-21-25)31(24)32(35)28(15-36)26-14-23(18-38-19-26)17-37-16-22-6-4-3-5-7-22/h2-7,9-15,18-19,21,37,40-41H,8,16-17,20,36H2,1H3/b24-2+,28-15-,32-31-. The molecule has 0 unspecified atom stereocenters. The van der Waals surface area contributed by atoms with Gasteiger partial charge in [-0.1, -0.05) is 42.5 Å². The van der Waals surface area contributed by atoms with E-state index < -0.39 is 5.83 Å². The summed E-state index contributed by atoms with van der Waals surface area (Å²) in [7, 11) is 0. The molecular formula is C34H32FN7O. The number of nitrogens with two attached hydrogens (primary N) is 1.